The summed E-state index contributed by atoms with van der Waals surface area (Å²) in [4.78, 5) is 26.5. The zero-order chi connectivity index (χ0) is 22.8. The van der Waals surface area contributed by atoms with Gasteiger partial charge in [-0.05, 0) is 61.5 Å². The number of carbonyl (C=O) groups is 2. The van der Waals surface area contributed by atoms with Gasteiger partial charge in [-0.25, -0.2) is 0 Å². The maximum Gasteiger partial charge on any atom is 0.260 e. The van der Waals surface area contributed by atoms with Crippen molar-refractivity contribution in [2.45, 2.75) is 6.92 Å². The van der Waals surface area contributed by atoms with Crippen LogP contribution < -0.4 is 15.8 Å². The minimum atomic E-state index is -0.485. The highest BCUT2D eigenvalue weighted by atomic mass is 35.5. The molecule has 6 nitrogen and oxygen atoms in total. The number of fused-ring (bicyclic) bond motifs is 1. The average Bonchev–Trinajstić information content (AvgIpc) is 3.07. The van der Waals surface area contributed by atoms with Crippen molar-refractivity contribution in [2.24, 2.45) is 0 Å². The predicted molar refractivity (Wildman–Crippen MR) is 127 cm³/mol. The van der Waals surface area contributed by atoms with Gasteiger partial charge >= 0.3 is 0 Å². The lowest BCUT2D eigenvalue weighted by atomic mass is 10.1. The fraction of sp³-hybridized carbons (Fsp3) is 0.0833. The summed E-state index contributed by atoms with van der Waals surface area (Å²) in [5.74, 6) is -0.131. The van der Waals surface area contributed by atoms with Crippen LogP contribution in [0.4, 0.5) is 11.4 Å². The number of ketones is 1. The highest BCUT2D eigenvalue weighted by Gasteiger charge is 2.26. The molecule has 4 aromatic rings. The summed E-state index contributed by atoms with van der Waals surface area (Å²) in [5, 5.41) is 3.49. The molecule has 2 heterocycles. The number of rotatable bonds is 6. The van der Waals surface area contributed by atoms with Gasteiger partial charge in [0.25, 0.3) is 5.91 Å². The smallest absolute Gasteiger partial charge is 0.260 e. The molecule has 8 heteroatoms. The Hall–Kier alpha value is -3.48. The molecular formula is C24H19Cl2N3O3. The maximum absolute atomic E-state index is 13.3. The summed E-state index contributed by atoms with van der Waals surface area (Å²) in [6, 6.07) is 16.8. The second-order valence-electron chi connectivity index (χ2n) is 6.96. The molecule has 0 spiro atoms. The normalized spacial score (nSPS) is 10.8. The van der Waals surface area contributed by atoms with Crippen molar-refractivity contribution in [2.75, 3.05) is 17.7 Å². The number of nitrogens with zero attached hydrogens (tertiary/aromatic N) is 1. The van der Waals surface area contributed by atoms with Crippen molar-refractivity contribution in [3.8, 4) is 5.75 Å². The molecule has 3 N–H and O–H groups in total. The topological polar surface area (TPSA) is 85.8 Å². The van der Waals surface area contributed by atoms with E-state index in [2.05, 4.69) is 5.32 Å². The van der Waals surface area contributed by atoms with Crippen LogP contribution in [0.3, 0.4) is 0 Å². The SMILES string of the molecule is CCOc1ccc(C(=O)c2c(N)c(C(=O)Nc3ccc(Cl)cc3Cl)c3ccccn23)cc1. The first-order valence-corrected chi connectivity index (χ1v) is 10.6. The number of amides is 1. The first-order chi connectivity index (χ1) is 15.4. The Morgan fingerprint density at radius 1 is 1.06 bits per heavy atom. The van der Waals surface area contributed by atoms with Crippen LogP contribution in [0.25, 0.3) is 5.52 Å². The summed E-state index contributed by atoms with van der Waals surface area (Å²) < 4.78 is 7.05. The summed E-state index contributed by atoms with van der Waals surface area (Å²) in [5.41, 5.74) is 8.15. The Balaban J connectivity index is 1.76. The van der Waals surface area contributed by atoms with Gasteiger partial charge in [-0.1, -0.05) is 29.3 Å². The molecular weight excluding hydrogens is 449 g/mol. The van der Waals surface area contributed by atoms with Gasteiger partial charge in [0.15, 0.2) is 0 Å². The van der Waals surface area contributed by atoms with Crippen LogP contribution in [0.2, 0.25) is 10.0 Å². The molecule has 0 aliphatic carbocycles. The number of anilines is 2. The average molecular weight is 468 g/mol. The third-order valence-corrected chi connectivity index (χ3v) is 5.48. The Bertz CT molecular complexity index is 1330. The lowest BCUT2D eigenvalue weighted by Crippen LogP contribution is -2.14. The van der Waals surface area contributed by atoms with Crippen LogP contribution in [0.5, 0.6) is 5.75 Å². The minimum Gasteiger partial charge on any atom is -0.494 e. The largest absolute Gasteiger partial charge is 0.494 e. The zero-order valence-corrected chi connectivity index (χ0v) is 18.6. The molecule has 0 aliphatic heterocycles. The molecule has 0 saturated heterocycles. The number of carbonyl (C=O) groups excluding carboxylic acids is 2. The molecule has 32 heavy (non-hydrogen) atoms. The van der Waals surface area contributed by atoms with Crippen LogP contribution >= 0.6 is 23.2 Å². The first-order valence-electron chi connectivity index (χ1n) is 9.83. The van der Waals surface area contributed by atoms with E-state index in [0.717, 1.165) is 0 Å². The predicted octanol–water partition coefficient (Wildman–Crippen LogP) is 5.71. The van der Waals surface area contributed by atoms with E-state index in [1.54, 1.807) is 65.2 Å². The monoisotopic (exact) mass is 467 g/mol. The number of pyridine rings is 1. The second-order valence-corrected chi connectivity index (χ2v) is 7.80. The lowest BCUT2D eigenvalue weighted by Gasteiger charge is -2.08. The van der Waals surface area contributed by atoms with Crippen LogP contribution in [0.1, 0.15) is 33.3 Å². The zero-order valence-electron chi connectivity index (χ0n) is 17.1. The Morgan fingerprint density at radius 2 is 1.81 bits per heavy atom. The molecule has 0 radical (unpaired) electrons. The maximum atomic E-state index is 13.3. The summed E-state index contributed by atoms with van der Waals surface area (Å²) >= 11 is 12.1. The van der Waals surface area contributed by atoms with Crippen molar-refractivity contribution < 1.29 is 14.3 Å². The van der Waals surface area contributed by atoms with Gasteiger partial charge in [0.05, 0.1) is 34.1 Å². The van der Waals surface area contributed by atoms with E-state index in [1.807, 2.05) is 6.92 Å². The minimum absolute atomic E-state index is 0.0812. The van der Waals surface area contributed by atoms with E-state index in [0.29, 0.717) is 39.2 Å². The lowest BCUT2D eigenvalue weighted by molar-refractivity contribution is 0.102. The van der Waals surface area contributed by atoms with Gasteiger partial charge < -0.3 is 20.2 Å². The Labute approximate surface area is 194 Å². The van der Waals surface area contributed by atoms with Gasteiger partial charge in [-0.2, -0.15) is 0 Å². The number of halogens is 2. The van der Waals surface area contributed by atoms with E-state index in [4.69, 9.17) is 33.7 Å². The van der Waals surface area contributed by atoms with E-state index < -0.39 is 5.91 Å². The molecule has 4 rings (SSSR count). The number of hydrogen-bond acceptors (Lipinski definition) is 4. The second kappa shape index (κ2) is 8.94. The summed E-state index contributed by atoms with van der Waals surface area (Å²) in [7, 11) is 0. The standard InChI is InChI=1S/C24H19Cl2N3O3/c1-2-32-16-9-6-14(7-10-16)23(30)22-21(27)20(19-5-3-4-12-29(19)22)24(31)28-18-11-8-15(25)13-17(18)26/h3-13H,2,27H2,1H3,(H,28,31). The van der Waals surface area contributed by atoms with Gasteiger partial charge in [0.2, 0.25) is 5.78 Å². The van der Waals surface area contributed by atoms with Crippen LogP contribution in [-0.2, 0) is 0 Å². The molecule has 0 unspecified atom stereocenters. The highest BCUT2D eigenvalue weighted by molar-refractivity contribution is 6.37. The van der Waals surface area contributed by atoms with Gasteiger partial charge in [-0.3, -0.25) is 9.59 Å². The van der Waals surface area contributed by atoms with Crippen molar-refractivity contribution in [3.05, 3.63) is 93.7 Å². The molecule has 0 fully saturated rings. The molecule has 0 bridgehead atoms. The number of nitrogens with two attached hydrogens (primary N) is 1. The van der Waals surface area contributed by atoms with Crippen molar-refractivity contribution >= 4 is 51.8 Å². The number of hydrogen-bond donors (Lipinski definition) is 2. The van der Waals surface area contributed by atoms with E-state index >= 15 is 0 Å². The molecule has 162 valence electrons. The molecule has 1 amide bonds. The number of benzene rings is 2. The third kappa shape index (κ3) is 4.02. The summed E-state index contributed by atoms with van der Waals surface area (Å²) in [6.07, 6.45) is 1.69. The number of aromatic nitrogens is 1. The van der Waals surface area contributed by atoms with Gasteiger partial charge in [-0.15, -0.1) is 0 Å². The van der Waals surface area contributed by atoms with Crippen LogP contribution in [-0.4, -0.2) is 22.7 Å². The molecule has 0 aliphatic rings. The van der Waals surface area contributed by atoms with Crippen molar-refractivity contribution in [1.29, 1.82) is 0 Å². The fourth-order valence-electron chi connectivity index (χ4n) is 3.48. The van der Waals surface area contributed by atoms with Crippen molar-refractivity contribution in [3.63, 3.8) is 0 Å². The number of nitrogens with one attached hydrogen (secondary N) is 1. The Kier molecular flexibility index (Phi) is 6.08. The van der Waals surface area contributed by atoms with E-state index in [1.165, 1.54) is 6.07 Å². The van der Waals surface area contributed by atoms with E-state index in [9.17, 15) is 9.59 Å². The first kappa shape index (κ1) is 21.7. The molecule has 0 atom stereocenters. The molecule has 2 aromatic carbocycles. The van der Waals surface area contributed by atoms with Gasteiger partial charge in [0.1, 0.15) is 11.4 Å². The molecule has 2 aromatic heterocycles. The third-order valence-electron chi connectivity index (χ3n) is 4.93. The van der Waals surface area contributed by atoms with Crippen LogP contribution in [0, 0.1) is 0 Å². The quantitative estimate of drug-likeness (QED) is 0.355. The van der Waals surface area contributed by atoms with Crippen molar-refractivity contribution in [1.82, 2.24) is 4.40 Å². The Morgan fingerprint density at radius 3 is 2.50 bits per heavy atom. The number of nitrogen functional groups attached to an aromatic ring is 1. The highest BCUT2D eigenvalue weighted by Crippen LogP contribution is 2.31. The van der Waals surface area contributed by atoms with E-state index in [-0.39, 0.29) is 22.7 Å². The van der Waals surface area contributed by atoms with Gasteiger partial charge in [0, 0.05) is 16.8 Å². The molecule has 0 saturated carbocycles. The number of ether oxygens (including phenoxy) is 1. The van der Waals surface area contributed by atoms with Crippen LogP contribution in [0.15, 0.2) is 66.9 Å². The summed E-state index contributed by atoms with van der Waals surface area (Å²) in [6.45, 7) is 2.41. The fourth-order valence-corrected chi connectivity index (χ4v) is 3.94.